The molecule has 0 amide bonds. The molecule has 0 N–H and O–H groups in total. The van der Waals surface area contributed by atoms with Crippen LogP contribution in [-0.4, -0.2) is 20.2 Å². The van der Waals surface area contributed by atoms with Gasteiger partial charge in [0.05, 0.1) is 11.3 Å². The molecule has 2 aromatic rings. The number of hydrogen-bond donors (Lipinski definition) is 0. The number of nitriles is 1. The lowest BCUT2D eigenvalue weighted by molar-refractivity contribution is 0.863. The zero-order valence-corrected chi connectivity index (χ0v) is 11.1. The minimum Gasteiger partial charge on any atom is -0.231 e. The van der Waals surface area contributed by atoms with Crippen molar-refractivity contribution < 1.29 is 0 Å². The van der Waals surface area contributed by atoms with Crippen molar-refractivity contribution in [3.8, 4) is 6.07 Å². The summed E-state index contributed by atoms with van der Waals surface area (Å²) in [5.74, 6) is 0. The summed E-state index contributed by atoms with van der Waals surface area (Å²) in [6, 6.07) is 2.16. The predicted molar refractivity (Wildman–Crippen MR) is 67.1 cm³/mol. The molecule has 2 aromatic heterocycles. The Hall–Kier alpha value is -2.00. The van der Waals surface area contributed by atoms with Crippen LogP contribution in [0, 0.1) is 32.1 Å². The normalized spacial score (nSPS) is 10.1. The van der Waals surface area contributed by atoms with Gasteiger partial charge in [-0.25, -0.2) is 9.97 Å². The molecule has 2 rings (SSSR count). The second-order valence-electron chi connectivity index (χ2n) is 3.85. The third-order valence-corrected chi connectivity index (χ3v) is 3.35. The van der Waals surface area contributed by atoms with E-state index >= 15 is 0 Å². The molecule has 0 aliphatic rings. The fourth-order valence-corrected chi connectivity index (χ4v) is 2.08. The van der Waals surface area contributed by atoms with Gasteiger partial charge in [0, 0.05) is 12.4 Å². The highest BCUT2D eigenvalue weighted by Crippen LogP contribution is 2.27. The first kappa shape index (κ1) is 12.5. The van der Waals surface area contributed by atoms with Gasteiger partial charge in [-0.1, -0.05) is 0 Å². The van der Waals surface area contributed by atoms with Crippen molar-refractivity contribution in [2.24, 2.45) is 0 Å². The van der Waals surface area contributed by atoms with Crippen molar-refractivity contribution in [3.63, 3.8) is 0 Å². The average Bonchev–Trinajstić information content (AvgIpc) is 2.37. The van der Waals surface area contributed by atoms with Crippen molar-refractivity contribution >= 4 is 11.8 Å². The molecule has 0 saturated carbocycles. The number of rotatable bonds is 2. The summed E-state index contributed by atoms with van der Waals surface area (Å²) in [4.78, 5) is 8.35. The van der Waals surface area contributed by atoms with Crippen LogP contribution in [0.15, 0.2) is 22.6 Å². The first-order valence-corrected chi connectivity index (χ1v) is 6.14. The third-order valence-electron chi connectivity index (χ3n) is 2.48. The SMILES string of the molecule is Cc1cnc(Sc2nnc(C)c(C)c2C#N)nc1. The Kier molecular flexibility index (Phi) is 3.53. The average molecular weight is 257 g/mol. The van der Waals surface area contributed by atoms with E-state index < -0.39 is 0 Å². The van der Waals surface area contributed by atoms with Crippen molar-refractivity contribution in [1.82, 2.24) is 20.2 Å². The number of nitrogens with zero attached hydrogens (tertiary/aromatic N) is 5. The van der Waals surface area contributed by atoms with E-state index in [9.17, 15) is 5.26 Å². The molecule has 0 aliphatic heterocycles. The fraction of sp³-hybridized carbons (Fsp3) is 0.250. The van der Waals surface area contributed by atoms with E-state index in [2.05, 4.69) is 26.2 Å². The standard InChI is InChI=1S/C12H11N5S/c1-7-5-14-12(15-6-7)18-11-10(4-13)8(2)9(3)16-17-11/h5-6H,1-3H3. The molecule has 0 unspecified atom stereocenters. The molecule has 0 aliphatic carbocycles. The first-order valence-electron chi connectivity index (χ1n) is 5.32. The van der Waals surface area contributed by atoms with Crippen molar-refractivity contribution in [3.05, 3.63) is 34.8 Å². The minimum atomic E-state index is 0.539. The van der Waals surface area contributed by atoms with E-state index in [-0.39, 0.29) is 0 Å². The Morgan fingerprint density at radius 2 is 1.78 bits per heavy atom. The Balaban J connectivity index is 2.38. The van der Waals surface area contributed by atoms with Gasteiger partial charge in [-0.05, 0) is 43.7 Å². The topological polar surface area (TPSA) is 75.3 Å². The second-order valence-corrected chi connectivity index (χ2v) is 4.80. The van der Waals surface area contributed by atoms with Gasteiger partial charge in [-0.2, -0.15) is 10.4 Å². The van der Waals surface area contributed by atoms with Gasteiger partial charge in [0.15, 0.2) is 5.16 Å². The largest absolute Gasteiger partial charge is 0.231 e. The van der Waals surface area contributed by atoms with E-state index in [1.54, 1.807) is 12.4 Å². The van der Waals surface area contributed by atoms with E-state index in [4.69, 9.17) is 0 Å². The van der Waals surface area contributed by atoms with E-state index in [1.165, 1.54) is 11.8 Å². The molecule has 0 fully saturated rings. The van der Waals surface area contributed by atoms with Crippen LogP contribution in [0.25, 0.3) is 0 Å². The molecule has 6 heteroatoms. The summed E-state index contributed by atoms with van der Waals surface area (Å²) in [6.07, 6.45) is 3.46. The van der Waals surface area contributed by atoms with Crippen molar-refractivity contribution in [1.29, 1.82) is 5.26 Å². The summed E-state index contributed by atoms with van der Waals surface area (Å²) >= 11 is 1.25. The second kappa shape index (κ2) is 5.10. The molecule has 0 radical (unpaired) electrons. The van der Waals surface area contributed by atoms with Gasteiger partial charge in [0.1, 0.15) is 11.1 Å². The van der Waals surface area contributed by atoms with Crippen LogP contribution in [0.4, 0.5) is 0 Å². The van der Waals surface area contributed by atoms with Gasteiger partial charge in [-0.15, -0.1) is 5.10 Å². The summed E-state index contributed by atoms with van der Waals surface area (Å²) in [5.41, 5.74) is 3.14. The summed E-state index contributed by atoms with van der Waals surface area (Å²) in [6.45, 7) is 5.62. The summed E-state index contributed by atoms with van der Waals surface area (Å²) in [5, 5.41) is 18.3. The molecular weight excluding hydrogens is 246 g/mol. The van der Waals surface area contributed by atoms with Gasteiger partial charge in [0.25, 0.3) is 0 Å². The number of hydrogen-bond acceptors (Lipinski definition) is 6. The van der Waals surface area contributed by atoms with Crippen LogP contribution in [0.1, 0.15) is 22.4 Å². The van der Waals surface area contributed by atoms with Crippen LogP contribution in [-0.2, 0) is 0 Å². The minimum absolute atomic E-state index is 0.539. The molecule has 0 aromatic carbocycles. The van der Waals surface area contributed by atoms with Gasteiger partial charge in [-0.3, -0.25) is 0 Å². The molecule has 0 saturated heterocycles. The van der Waals surface area contributed by atoms with Crippen LogP contribution >= 0.6 is 11.8 Å². The van der Waals surface area contributed by atoms with Gasteiger partial charge in [0.2, 0.25) is 0 Å². The maximum absolute atomic E-state index is 9.17. The van der Waals surface area contributed by atoms with Gasteiger partial charge < -0.3 is 0 Å². The molecule has 2 heterocycles. The summed E-state index contributed by atoms with van der Waals surface area (Å²) < 4.78 is 0. The van der Waals surface area contributed by atoms with Gasteiger partial charge >= 0.3 is 0 Å². The monoisotopic (exact) mass is 257 g/mol. The number of aryl methyl sites for hydroxylation is 2. The highest BCUT2D eigenvalue weighted by molar-refractivity contribution is 7.99. The first-order chi connectivity index (χ1) is 8.61. The van der Waals surface area contributed by atoms with Crippen molar-refractivity contribution in [2.45, 2.75) is 31.0 Å². The molecule has 90 valence electrons. The Labute approximate surface area is 109 Å². The lowest BCUT2D eigenvalue weighted by Crippen LogP contribution is -1.99. The smallest absolute Gasteiger partial charge is 0.193 e. The Morgan fingerprint density at radius 1 is 1.11 bits per heavy atom. The van der Waals surface area contributed by atoms with Crippen LogP contribution in [0.2, 0.25) is 0 Å². The highest BCUT2D eigenvalue weighted by atomic mass is 32.2. The molecule has 18 heavy (non-hydrogen) atoms. The van der Waals surface area contributed by atoms with Crippen LogP contribution in [0.5, 0.6) is 0 Å². The molecular formula is C12H11N5S. The number of aromatic nitrogens is 4. The lowest BCUT2D eigenvalue weighted by Gasteiger charge is -2.05. The quantitative estimate of drug-likeness (QED) is 0.768. The van der Waals surface area contributed by atoms with Crippen LogP contribution in [0.3, 0.4) is 0 Å². The summed E-state index contributed by atoms with van der Waals surface area (Å²) in [7, 11) is 0. The third kappa shape index (κ3) is 2.46. The Morgan fingerprint density at radius 3 is 2.39 bits per heavy atom. The maximum atomic E-state index is 9.17. The van der Waals surface area contributed by atoms with E-state index in [0.29, 0.717) is 15.7 Å². The van der Waals surface area contributed by atoms with Crippen molar-refractivity contribution in [2.75, 3.05) is 0 Å². The highest BCUT2D eigenvalue weighted by Gasteiger charge is 2.13. The molecule has 0 spiro atoms. The maximum Gasteiger partial charge on any atom is 0.193 e. The fourth-order valence-electron chi connectivity index (χ4n) is 1.31. The molecule has 0 bridgehead atoms. The predicted octanol–water partition coefficient (Wildman–Crippen LogP) is 2.21. The molecule has 0 atom stereocenters. The zero-order valence-electron chi connectivity index (χ0n) is 10.3. The van der Waals surface area contributed by atoms with E-state index in [0.717, 1.165) is 16.8 Å². The lowest BCUT2D eigenvalue weighted by atomic mass is 10.1. The zero-order chi connectivity index (χ0) is 13.1. The van der Waals surface area contributed by atoms with E-state index in [1.807, 2.05) is 20.8 Å². The van der Waals surface area contributed by atoms with Crippen LogP contribution < -0.4 is 0 Å². The molecule has 5 nitrogen and oxygen atoms in total. The Bertz CT molecular complexity index is 616.